The number of carbonyl (C=O) groups excluding carboxylic acids is 1. The van der Waals surface area contributed by atoms with Gasteiger partial charge in [0.2, 0.25) is 0 Å². The van der Waals surface area contributed by atoms with Crippen molar-refractivity contribution in [2.45, 2.75) is 13.0 Å². The molecule has 20 heavy (non-hydrogen) atoms. The van der Waals surface area contributed by atoms with Gasteiger partial charge in [0, 0.05) is 17.3 Å². The maximum Gasteiger partial charge on any atom is 0.334 e. The van der Waals surface area contributed by atoms with Gasteiger partial charge in [-0.3, -0.25) is 10.1 Å². The summed E-state index contributed by atoms with van der Waals surface area (Å²) in [4.78, 5) is 31.9. The molecule has 0 radical (unpaired) electrons. The summed E-state index contributed by atoms with van der Waals surface area (Å²) < 4.78 is 0. The van der Waals surface area contributed by atoms with Gasteiger partial charge in [-0.1, -0.05) is 6.07 Å². The molecule has 0 aromatic heterocycles. The number of nitrogens with one attached hydrogen (secondary N) is 2. The number of nitro benzene ring substituents is 1. The number of aliphatic carboxylic acids is 1. The summed E-state index contributed by atoms with van der Waals surface area (Å²) in [5, 5.41) is 32.5. The Morgan fingerprint density at radius 1 is 1.45 bits per heavy atom. The van der Waals surface area contributed by atoms with Crippen LogP contribution in [-0.4, -0.2) is 39.8 Å². The summed E-state index contributed by atoms with van der Waals surface area (Å²) in [6, 6.07) is 3.35. The number of aliphatic hydroxyl groups is 1. The molecule has 9 nitrogen and oxygen atoms in total. The molecule has 0 fully saturated rings. The highest BCUT2D eigenvalue weighted by molar-refractivity contribution is 5.90. The number of hydrogen-bond acceptors (Lipinski definition) is 5. The molecule has 0 aliphatic carbocycles. The SMILES string of the molecule is Cc1ccc(NC(=O)NCC(O)C(=O)O)cc1[N+](=O)[O-]. The third-order valence-corrected chi connectivity index (χ3v) is 2.40. The average molecular weight is 283 g/mol. The second-order valence-electron chi connectivity index (χ2n) is 3.95. The monoisotopic (exact) mass is 283 g/mol. The second-order valence-corrected chi connectivity index (χ2v) is 3.95. The Bertz CT molecular complexity index is 545. The van der Waals surface area contributed by atoms with Gasteiger partial charge in [-0.15, -0.1) is 0 Å². The van der Waals surface area contributed by atoms with E-state index in [0.717, 1.165) is 0 Å². The molecular formula is C11H13N3O6. The zero-order chi connectivity index (χ0) is 15.3. The topological polar surface area (TPSA) is 142 Å². The third-order valence-electron chi connectivity index (χ3n) is 2.40. The third kappa shape index (κ3) is 4.21. The number of aryl methyl sites for hydroxylation is 1. The first-order valence-corrected chi connectivity index (χ1v) is 5.52. The van der Waals surface area contributed by atoms with Crippen molar-refractivity contribution < 1.29 is 24.7 Å². The Balaban J connectivity index is 2.65. The molecule has 1 atom stereocenters. The molecule has 0 saturated heterocycles. The fourth-order valence-corrected chi connectivity index (χ4v) is 1.34. The van der Waals surface area contributed by atoms with E-state index in [1.165, 1.54) is 18.2 Å². The molecule has 1 aromatic rings. The first kappa shape index (κ1) is 15.4. The zero-order valence-electron chi connectivity index (χ0n) is 10.5. The maximum atomic E-state index is 11.4. The molecule has 0 saturated carbocycles. The molecule has 2 amide bonds. The van der Waals surface area contributed by atoms with Crippen molar-refractivity contribution >= 4 is 23.4 Å². The maximum absolute atomic E-state index is 11.4. The number of carbonyl (C=O) groups is 2. The van der Waals surface area contributed by atoms with Crippen LogP contribution in [0.3, 0.4) is 0 Å². The normalized spacial score (nSPS) is 11.5. The van der Waals surface area contributed by atoms with Crippen LogP contribution in [0.4, 0.5) is 16.2 Å². The van der Waals surface area contributed by atoms with Crippen molar-refractivity contribution in [2.24, 2.45) is 0 Å². The predicted octanol–water partition coefficient (Wildman–Crippen LogP) is 0.470. The second kappa shape index (κ2) is 6.48. The lowest BCUT2D eigenvalue weighted by Gasteiger charge is -2.09. The van der Waals surface area contributed by atoms with Gasteiger partial charge in [-0.05, 0) is 13.0 Å². The van der Waals surface area contributed by atoms with Crippen LogP contribution in [-0.2, 0) is 4.79 Å². The summed E-state index contributed by atoms with van der Waals surface area (Å²) in [6.07, 6.45) is -1.71. The van der Waals surface area contributed by atoms with Gasteiger partial charge in [-0.25, -0.2) is 9.59 Å². The number of nitrogens with zero attached hydrogens (tertiary/aromatic N) is 1. The summed E-state index contributed by atoms with van der Waals surface area (Å²) in [7, 11) is 0. The number of hydrogen-bond donors (Lipinski definition) is 4. The van der Waals surface area contributed by atoms with E-state index >= 15 is 0 Å². The van der Waals surface area contributed by atoms with Gasteiger partial charge in [0.05, 0.1) is 11.5 Å². The van der Waals surface area contributed by atoms with Crippen LogP contribution < -0.4 is 10.6 Å². The lowest BCUT2D eigenvalue weighted by Crippen LogP contribution is -2.38. The van der Waals surface area contributed by atoms with E-state index in [2.05, 4.69) is 10.6 Å². The van der Waals surface area contributed by atoms with Crippen LogP contribution in [0.5, 0.6) is 0 Å². The average Bonchev–Trinajstić information content (AvgIpc) is 2.37. The first-order valence-electron chi connectivity index (χ1n) is 5.52. The molecule has 0 bridgehead atoms. The zero-order valence-corrected chi connectivity index (χ0v) is 10.5. The minimum absolute atomic E-state index is 0.145. The van der Waals surface area contributed by atoms with Crippen molar-refractivity contribution in [3.63, 3.8) is 0 Å². The summed E-state index contributed by atoms with van der Waals surface area (Å²) in [5.74, 6) is -1.46. The predicted molar refractivity (Wildman–Crippen MR) is 68.5 cm³/mol. The molecule has 0 heterocycles. The Morgan fingerprint density at radius 2 is 2.10 bits per heavy atom. The van der Waals surface area contributed by atoms with Crippen molar-refractivity contribution in [3.05, 3.63) is 33.9 Å². The molecule has 108 valence electrons. The number of rotatable bonds is 5. The van der Waals surface area contributed by atoms with Gasteiger partial charge in [0.25, 0.3) is 5.69 Å². The van der Waals surface area contributed by atoms with Crippen molar-refractivity contribution in [2.75, 3.05) is 11.9 Å². The first-order chi connectivity index (χ1) is 9.31. The van der Waals surface area contributed by atoms with Crippen LogP contribution in [0.1, 0.15) is 5.56 Å². The Morgan fingerprint density at radius 3 is 2.65 bits per heavy atom. The van der Waals surface area contributed by atoms with Crippen molar-refractivity contribution in [3.8, 4) is 0 Å². The summed E-state index contributed by atoms with van der Waals surface area (Å²) in [5.41, 5.74) is 0.486. The van der Waals surface area contributed by atoms with E-state index in [1.54, 1.807) is 6.92 Å². The van der Waals surface area contributed by atoms with E-state index < -0.39 is 29.6 Å². The highest BCUT2D eigenvalue weighted by Crippen LogP contribution is 2.22. The van der Waals surface area contributed by atoms with E-state index in [4.69, 9.17) is 10.2 Å². The largest absolute Gasteiger partial charge is 0.479 e. The number of aliphatic hydroxyl groups excluding tert-OH is 1. The molecule has 1 unspecified atom stereocenters. The van der Waals surface area contributed by atoms with E-state index in [9.17, 15) is 19.7 Å². The highest BCUT2D eigenvalue weighted by atomic mass is 16.6. The summed E-state index contributed by atoms with van der Waals surface area (Å²) in [6.45, 7) is 1.08. The van der Waals surface area contributed by atoms with E-state index in [-0.39, 0.29) is 11.4 Å². The Hall–Kier alpha value is -2.68. The Labute approximate surface area is 113 Å². The van der Waals surface area contributed by atoms with Gasteiger partial charge in [0.15, 0.2) is 6.10 Å². The minimum Gasteiger partial charge on any atom is -0.479 e. The van der Waals surface area contributed by atoms with E-state index in [0.29, 0.717) is 5.56 Å². The van der Waals surface area contributed by atoms with Gasteiger partial charge in [-0.2, -0.15) is 0 Å². The molecular weight excluding hydrogens is 270 g/mol. The molecule has 1 rings (SSSR count). The standard InChI is InChI=1S/C11H13N3O6/c1-6-2-3-7(4-8(6)14(19)20)13-11(18)12-5-9(15)10(16)17/h2-4,9,15H,5H2,1H3,(H,16,17)(H2,12,13,18). The van der Waals surface area contributed by atoms with E-state index in [1.807, 2.05) is 0 Å². The molecule has 0 spiro atoms. The molecule has 0 aliphatic rings. The van der Waals surface area contributed by atoms with Crippen LogP contribution in [0, 0.1) is 17.0 Å². The fraction of sp³-hybridized carbons (Fsp3) is 0.273. The number of urea groups is 1. The van der Waals surface area contributed by atoms with Gasteiger partial charge < -0.3 is 20.8 Å². The lowest BCUT2D eigenvalue weighted by molar-refractivity contribution is -0.385. The molecule has 4 N–H and O–H groups in total. The molecule has 0 aliphatic heterocycles. The smallest absolute Gasteiger partial charge is 0.334 e. The van der Waals surface area contributed by atoms with Gasteiger partial charge >= 0.3 is 12.0 Å². The number of benzene rings is 1. The van der Waals surface area contributed by atoms with Crippen LogP contribution in [0.25, 0.3) is 0 Å². The quantitative estimate of drug-likeness (QED) is 0.457. The molecule has 9 heteroatoms. The number of carboxylic acid groups (broad SMARTS) is 1. The molecule has 1 aromatic carbocycles. The number of amides is 2. The Kier molecular flexibility index (Phi) is 4.98. The van der Waals surface area contributed by atoms with Gasteiger partial charge in [0.1, 0.15) is 0 Å². The number of carboxylic acids is 1. The number of nitro groups is 1. The van der Waals surface area contributed by atoms with Crippen LogP contribution in [0.2, 0.25) is 0 Å². The lowest BCUT2D eigenvalue weighted by atomic mass is 10.2. The minimum atomic E-state index is -1.71. The van der Waals surface area contributed by atoms with Crippen LogP contribution in [0.15, 0.2) is 18.2 Å². The number of anilines is 1. The van der Waals surface area contributed by atoms with Crippen molar-refractivity contribution in [1.82, 2.24) is 5.32 Å². The summed E-state index contributed by atoms with van der Waals surface area (Å²) >= 11 is 0. The fourth-order valence-electron chi connectivity index (χ4n) is 1.34. The van der Waals surface area contributed by atoms with Crippen LogP contribution >= 0.6 is 0 Å². The highest BCUT2D eigenvalue weighted by Gasteiger charge is 2.15. The van der Waals surface area contributed by atoms with Crippen molar-refractivity contribution in [1.29, 1.82) is 0 Å².